The molecule has 2 heterocycles. The molecule has 1 N–H and O–H groups in total. The van der Waals surface area contributed by atoms with E-state index >= 15 is 0 Å². The van der Waals surface area contributed by atoms with Crippen molar-refractivity contribution in [2.24, 2.45) is 0 Å². The fourth-order valence-electron chi connectivity index (χ4n) is 4.10. The number of rotatable bonds is 4. The lowest BCUT2D eigenvalue weighted by Crippen LogP contribution is -2.43. The fraction of sp³-hybridized carbons (Fsp3) is 0.409. The molecule has 142 valence electrons. The van der Waals surface area contributed by atoms with Gasteiger partial charge in [0, 0.05) is 45.0 Å². The van der Waals surface area contributed by atoms with Crippen LogP contribution >= 0.6 is 0 Å². The number of hydrogen-bond acceptors (Lipinski definition) is 4. The molecule has 2 aliphatic heterocycles. The molecule has 1 atom stereocenters. The maximum atomic E-state index is 12.9. The summed E-state index contributed by atoms with van der Waals surface area (Å²) in [4.78, 5) is 19.1. The van der Waals surface area contributed by atoms with Gasteiger partial charge in [0.1, 0.15) is 0 Å². The van der Waals surface area contributed by atoms with Gasteiger partial charge in [-0.05, 0) is 23.6 Å². The van der Waals surface area contributed by atoms with E-state index < -0.39 is 6.10 Å². The van der Waals surface area contributed by atoms with Gasteiger partial charge in [-0.15, -0.1) is 0 Å². The third-order valence-electron chi connectivity index (χ3n) is 5.50. The fourth-order valence-corrected chi connectivity index (χ4v) is 4.10. The summed E-state index contributed by atoms with van der Waals surface area (Å²) in [5.41, 5.74) is 3.72. The molecule has 27 heavy (non-hydrogen) atoms. The van der Waals surface area contributed by atoms with E-state index in [1.807, 2.05) is 29.2 Å². The van der Waals surface area contributed by atoms with Crippen LogP contribution < -0.4 is 4.90 Å². The first-order chi connectivity index (χ1) is 13.2. The average Bonchev–Trinajstić information content (AvgIpc) is 2.98. The van der Waals surface area contributed by atoms with Crippen molar-refractivity contribution in [2.75, 3.05) is 44.2 Å². The maximum Gasteiger partial charge on any atom is 0.242 e. The number of carbonyl (C=O) groups is 1. The molecule has 2 aromatic rings. The van der Waals surface area contributed by atoms with Crippen molar-refractivity contribution in [1.82, 2.24) is 9.80 Å². The summed E-state index contributed by atoms with van der Waals surface area (Å²) in [6.45, 7) is 4.56. The summed E-state index contributed by atoms with van der Waals surface area (Å²) >= 11 is 0. The van der Waals surface area contributed by atoms with Gasteiger partial charge in [-0.1, -0.05) is 48.5 Å². The van der Waals surface area contributed by atoms with E-state index in [1.165, 1.54) is 16.8 Å². The topological polar surface area (TPSA) is 47.0 Å². The Kier molecular flexibility index (Phi) is 5.41. The first-order valence-corrected chi connectivity index (χ1v) is 9.74. The Morgan fingerprint density at radius 1 is 0.963 bits per heavy atom. The van der Waals surface area contributed by atoms with E-state index in [4.69, 9.17) is 0 Å². The molecule has 5 heteroatoms. The van der Waals surface area contributed by atoms with E-state index in [2.05, 4.69) is 40.1 Å². The number of β-amino-alcohol motifs (C(OH)–C–C–N with tert-alkyl or cyclic N) is 1. The Bertz CT molecular complexity index is 780. The third kappa shape index (κ3) is 4.31. The number of carbonyl (C=O) groups excluding carboxylic acids is 1. The zero-order chi connectivity index (χ0) is 18.6. The van der Waals surface area contributed by atoms with Crippen LogP contribution in [0.4, 0.5) is 5.69 Å². The number of aliphatic hydroxyl groups is 1. The summed E-state index contributed by atoms with van der Waals surface area (Å²) in [5.74, 6) is 0.104. The van der Waals surface area contributed by atoms with Gasteiger partial charge in [-0.3, -0.25) is 9.69 Å². The summed E-state index contributed by atoms with van der Waals surface area (Å²) in [6.07, 6.45) is 0.489. The predicted molar refractivity (Wildman–Crippen MR) is 107 cm³/mol. The van der Waals surface area contributed by atoms with Gasteiger partial charge in [0.2, 0.25) is 5.91 Å². The van der Waals surface area contributed by atoms with Crippen LogP contribution in [0.3, 0.4) is 0 Å². The average molecular weight is 365 g/mol. The first-order valence-electron chi connectivity index (χ1n) is 9.74. The summed E-state index contributed by atoms with van der Waals surface area (Å²) in [5, 5.41) is 10.4. The molecule has 0 radical (unpaired) electrons. The van der Waals surface area contributed by atoms with Gasteiger partial charge < -0.3 is 14.9 Å². The van der Waals surface area contributed by atoms with Gasteiger partial charge in [-0.2, -0.15) is 0 Å². The smallest absolute Gasteiger partial charge is 0.242 e. The van der Waals surface area contributed by atoms with Crippen LogP contribution in [0.2, 0.25) is 0 Å². The molecule has 0 spiro atoms. The minimum absolute atomic E-state index is 0.104. The highest BCUT2D eigenvalue weighted by Crippen LogP contribution is 2.27. The largest absolute Gasteiger partial charge is 0.390 e. The maximum absolute atomic E-state index is 12.9. The van der Waals surface area contributed by atoms with Crippen molar-refractivity contribution in [3.8, 4) is 0 Å². The Morgan fingerprint density at radius 3 is 2.59 bits per heavy atom. The normalized spacial score (nSPS) is 20.4. The van der Waals surface area contributed by atoms with E-state index in [9.17, 15) is 9.90 Å². The third-order valence-corrected chi connectivity index (χ3v) is 5.50. The van der Waals surface area contributed by atoms with E-state index in [0.717, 1.165) is 26.1 Å². The molecule has 0 aromatic heterocycles. The van der Waals surface area contributed by atoms with Crippen LogP contribution in [0.1, 0.15) is 11.1 Å². The monoisotopic (exact) mass is 365 g/mol. The molecule has 2 aliphatic rings. The standard InChI is InChI=1S/C22H27N3O2/c26-20-15-23(14-18-6-2-1-3-7-18)12-13-25(16-20)22(27)17-24-11-10-19-8-4-5-9-21(19)24/h1-9,20,26H,10-17H2/t20-/m0/s1. The molecule has 2 aromatic carbocycles. The number of anilines is 1. The lowest BCUT2D eigenvalue weighted by atomic mass is 10.2. The molecule has 1 saturated heterocycles. The summed E-state index contributed by atoms with van der Waals surface area (Å²) in [7, 11) is 0. The first kappa shape index (κ1) is 18.0. The van der Waals surface area contributed by atoms with Crippen molar-refractivity contribution in [1.29, 1.82) is 0 Å². The number of amides is 1. The van der Waals surface area contributed by atoms with Crippen LogP contribution in [-0.4, -0.2) is 66.2 Å². The molecule has 1 fully saturated rings. The van der Waals surface area contributed by atoms with E-state index in [0.29, 0.717) is 26.2 Å². The zero-order valence-electron chi connectivity index (χ0n) is 15.6. The van der Waals surface area contributed by atoms with Gasteiger partial charge in [0.15, 0.2) is 0 Å². The highest BCUT2D eigenvalue weighted by Gasteiger charge is 2.27. The number of fused-ring (bicyclic) bond motifs is 1. The van der Waals surface area contributed by atoms with Crippen molar-refractivity contribution in [2.45, 2.75) is 19.1 Å². The van der Waals surface area contributed by atoms with Crippen molar-refractivity contribution >= 4 is 11.6 Å². The lowest BCUT2D eigenvalue weighted by Gasteiger charge is -2.26. The molecular formula is C22H27N3O2. The number of nitrogens with zero attached hydrogens (tertiary/aromatic N) is 3. The van der Waals surface area contributed by atoms with Crippen LogP contribution in [0.15, 0.2) is 54.6 Å². The molecule has 0 saturated carbocycles. The molecule has 0 aliphatic carbocycles. The number of para-hydroxylation sites is 1. The van der Waals surface area contributed by atoms with Crippen molar-refractivity contribution < 1.29 is 9.90 Å². The van der Waals surface area contributed by atoms with Gasteiger partial charge >= 0.3 is 0 Å². The van der Waals surface area contributed by atoms with Gasteiger partial charge in [-0.25, -0.2) is 0 Å². The molecule has 1 amide bonds. The van der Waals surface area contributed by atoms with Crippen molar-refractivity contribution in [3.05, 3.63) is 65.7 Å². The molecule has 0 bridgehead atoms. The highest BCUT2D eigenvalue weighted by atomic mass is 16.3. The van der Waals surface area contributed by atoms with Gasteiger partial charge in [0.05, 0.1) is 12.6 Å². The van der Waals surface area contributed by atoms with Gasteiger partial charge in [0.25, 0.3) is 0 Å². The number of hydrogen-bond donors (Lipinski definition) is 1. The van der Waals surface area contributed by atoms with E-state index in [-0.39, 0.29) is 5.91 Å². The van der Waals surface area contributed by atoms with E-state index in [1.54, 1.807) is 0 Å². The Morgan fingerprint density at radius 2 is 1.74 bits per heavy atom. The second kappa shape index (κ2) is 8.11. The number of benzene rings is 2. The SMILES string of the molecule is O=C(CN1CCc2ccccc21)N1CCN(Cc2ccccc2)C[C@H](O)C1. The minimum Gasteiger partial charge on any atom is -0.390 e. The second-order valence-corrected chi connectivity index (χ2v) is 7.51. The summed E-state index contributed by atoms with van der Waals surface area (Å²) in [6, 6.07) is 18.6. The summed E-state index contributed by atoms with van der Waals surface area (Å²) < 4.78 is 0. The Balaban J connectivity index is 1.36. The van der Waals surface area contributed by atoms with Crippen LogP contribution in [0, 0.1) is 0 Å². The molecule has 0 unspecified atom stereocenters. The molecular weight excluding hydrogens is 338 g/mol. The van der Waals surface area contributed by atoms with Crippen molar-refractivity contribution in [3.63, 3.8) is 0 Å². The molecule has 5 nitrogen and oxygen atoms in total. The predicted octanol–water partition coefficient (Wildman–Crippen LogP) is 1.75. The van der Waals surface area contributed by atoms with Crippen LogP contribution in [0.5, 0.6) is 0 Å². The second-order valence-electron chi connectivity index (χ2n) is 7.51. The van der Waals surface area contributed by atoms with Crippen LogP contribution in [0.25, 0.3) is 0 Å². The number of aliphatic hydroxyl groups excluding tert-OH is 1. The highest BCUT2D eigenvalue weighted by molar-refractivity contribution is 5.82. The zero-order valence-corrected chi connectivity index (χ0v) is 15.6. The molecule has 4 rings (SSSR count). The quantitative estimate of drug-likeness (QED) is 0.897. The Hall–Kier alpha value is -2.37. The lowest BCUT2D eigenvalue weighted by molar-refractivity contribution is -0.130. The Labute approximate surface area is 160 Å². The minimum atomic E-state index is -0.508. The van der Waals surface area contributed by atoms with Crippen LogP contribution in [-0.2, 0) is 17.8 Å².